The number of fused-ring (bicyclic) bond motifs is 4. The lowest BCUT2D eigenvalue weighted by atomic mass is 9.47. The molecule has 0 aromatic heterocycles. The Morgan fingerprint density at radius 2 is 1.97 bits per heavy atom. The minimum absolute atomic E-state index is 0.0672. The van der Waals surface area contributed by atoms with E-state index in [1.54, 1.807) is 5.57 Å². The summed E-state index contributed by atoms with van der Waals surface area (Å²) in [6.45, 7) is 8.48. The summed E-state index contributed by atoms with van der Waals surface area (Å²) in [5.74, 6) is 3.45. The molecule has 0 aromatic rings. The topological polar surface area (TPSA) is 43.8 Å². The van der Waals surface area contributed by atoms with Crippen LogP contribution in [-0.4, -0.2) is 59.6 Å². The zero-order chi connectivity index (χ0) is 23.5. The van der Waals surface area contributed by atoms with Gasteiger partial charge in [-0.15, -0.1) is 0 Å². The van der Waals surface area contributed by atoms with Crippen LogP contribution in [0.3, 0.4) is 0 Å². The number of carbonyl (C=O) groups is 1. The zero-order valence-electron chi connectivity index (χ0n) is 21.9. The van der Waals surface area contributed by atoms with Crippen LogP contribution >= 0.6 is 0 Å². The maximum absolute atomic E-state index is 12.9. The molecule has 4 fully saturated rings. The molecule has 5 aliphatic rings. The van der Waals surface area contributed by atoms with E-state index in [-0.39, 0.29) is 11.9 Å². The number of hydrogen-bond acceptors (Lipinski definition) is 3. The summed E-state index contributed by atoms with van der Waals surface area (Å²) in [7, 11) is 4.29. The molecule has 5 rings (SSSR count). The molecule has 0 bridgehead atoms. The zero-order valence-corrected chi connectivity index (χ0v) is 21.9. The normalized spacial score (nSPS) is 45.5. The second kappa shape index (κ2) is 8.66. The molecule has 1 spiro atoms. The number of allylic oxidation sites excluding steroid dienone is 1. The Bertz CT molecular complexity index is 794. The minimum atomic E-state index is -0.829. The summed E-state index contributed by atoms with van der Waals surface area (Å²) in [5.41, 5.74) is 2.54. The third-order valence-electron chi connectivity index (χ3n) is 11.7. The SMILES string of the molecule is CCCCC(O)C(=O)N(C)C1CCC2(C)C(=CCC3C2CCC24CN(C)C(C)C2CCC34)C1. The summed E-state index contributed by atoms with van der Waals surface area (Å²) < 4.78 is 0. The highest BCUT2D eigenvalue weighted by atomic mass is 16.3. The first kappa shape index (κ1) is 23.9. The van der Waals surface area contributed by atoms with E-state index in [2.05, 4.69) is 38.8 Å². The Morgan fingerprint density at radius 3 is 2.73 bits per heavy atom. The standard InChI is InChI=1S/C29H48N2O2/c1-6-7-8-26(32)27(33)31(5)21-13-15-28(3)20(17-21)9-10-22-24(28)14-16-29-18-30(4)19(2)23(29)11-12-25(22)29/h9,19,21-26,32H,6-8,10-18H2,1-5H3. The van der Waals surface area contributed by atoms with E-state index >= 15 is 0 Å². The third-order valence-corrected chi connectivity index (χ3v) is 11.7. The molecule has 9 unspecified atom stereocenters. The number of aliphatic hydroxyl groups excluding tert-OH is 1. The van der Waals surface area contributed by atoms with E-state index in [1.165, 1.54) is 45.1 Å². The lowest BCUT2D eigenvalue weighted by Gasteiger charge is -2.58. The number of rotatable bonds is 5. The fraction of sp³-hybridized carbons (Fsp3) is 0.897. The van der Waals surface area contributed by atoms with Crippen molar-refractivity contribution in [1.82, 2.24) is 9.80 Å². The van der Waals surface area contributed by atoms with Crippen LogP contribution in [0, 0.1) is 34.5 Å². The number of likely N-dealkylation sites (N-methyl/N-ethyl adjacent to an activating group) is 1. The Labute approximate surface area is 202 Å². The predicted octanol–water partition coefficient (Wildman–Crippen LogP) is 5.26. The van der Waals surface area contributed by atoms with Crippen LogP contribution in [0.25, 0.3) is 0 Å². The second-order valence-corrected chi connectivity index (χ2v) is 12.9. The molecule has 0 aromatic carbocycles. The van der Waals surface area contributed by atoms with E-state index in [1.807, 2.05) is 11.9 Å². The Morgan fingerprint density at radius 1 is 1.21 bits per heavy atom. The second-order valence-electron chi connectivity index (χ2n) is 12.9. The Balaban J connectivity index is 1.31. The molecule has 4 aliphatic carbocycles. The van der Waals surface area contributed by atoms with Crippen LogP contribution < -0.4 is 0 Å². The third kappa shape index (κ3) is 3.56. The van der Waals surface area contributed by atoms with Crippen molar-refractivity contribution in [3.8, 4) is 0 Å². The predicted molar refractivity (Wildman–Crippen MR) is 134 cm³/mol. The quantitative estimate of drug-likeness (QED) is 0.574. The van der Waals surface area contributed by atoms with E-state index < -0.39 is 6.10 Å². The molecule has 1 N–H and O–H groups in total. The summed E-state index contributed by atoms with van der Waals surface area (Å²) in [5, 5.41) is 10.4. The van der Waals surface area contributed by atoms with Crippen molar-refractivity contribution in [2.75, 3.05) is 20.6 Å². The van der Waals surface area contributed by atoms with Gasteiger partial charge in [0.1, 0.15) is 6.10 Å². The van der Waals surface area contributed by atoms with Crippen molar-refractivity contribution in [2.24, 2.45) is 34.5 Å². The highest BCUT2D eigenvalue weighted by Crippen LogP contribution is 2.68. The van der Waals surface area contributed by atoms with Crippen LogP contribution in [-0.2, 0) is 4.79 Å². The van der Waals surface area contributed by atoms with Gasteiger partial charge in [0.2, 0.25) is 0 Å². The van der Waals surface area contributed by atoms with Gasteiger partial charge in [-0.05, 0) is 106 Å². The lowest BCUT2D eigenvalue weighted by molar-refractivity contribution is -0.142. The number of likely N-dealkylation sites (tertiary alicyclic amines) is 1. The molecule has 33 heavy (non-hydrogen) atoms. The van der Waals surface area contributed by atoms with Crippen LogP contribution in [0.2, 0.25) is 0 Å². The van der Waals surface area contributed by atoms with Gasteiger partial charge in [-0.2, -0.15) is 0 Å². The number of carbonyl (C=O) groups excluding carboxylic acids is 1. The molecule has 1 saturated heterocycles. The molecule has 186 valence electrons. The van der Waals surface area contributed by atoms with Crippen molar-refractivity contribution >= 4 is 5.91 Å². The number of unbranched alkanes of at least 4 members (excludes halogenated alkanes) is 1. The Hall–Kier alpha value is -0.870. The van der Waals surface area contributed by atoms with Gasteiger partial charge < -0.3 is 14.9 Å². The van der Waals surface area contributed by atoms with Gasteiger partial charge in [-0.1, -0.05) is 38.3 Å². The molecule has 1 amide bonds. The van der Waals surface area contributed by atoms with E-state index in [0.717, 1.165) is 55.4 Å². The molecular formula is C29H48N2O2. The first-order valence-electron chi connectivity index (χ1n) is 14.1. The van der Waals surface area contributed by atoms with Crippen molar-refractivity contribution in [1.29, 1.82) is 0 Å². The summed E-state index contributed by atoms with van der Waals surface area (Å²) >= 11 is 0. The van der Waals surface area contributed by atoms with Gasteiger partial charge in [-0.3, -0.25) is 4.79 Å². The fourth-order valence-corrected chi connectivity index (χ4v) is 9.71. The maximum Gasteiger partial charge on any atom is 0.251 e. The van der Waals surface area contributed by atoms with Crippen molar-refractivity contribution in [3.63, 3.8) is 0 Å². The summed E-state index contributed by atoms with van der Waals surface area (Å²) in [4.78, 5) is 17.4. The van der Waals surface area contributed by atoms with Crippen molar-refractivity contribution in [3.05, 3.63) is 11.6 Å². The van der Waals surface area contributed by atoms with Crippen LogP contribution in [0.4, 0.5) is 0 Å². The first-order valence-corrected chi connectivity index (χ1v) is 14.1. The summed E-state index contributed by atoms with van der Waals surface area (Å²) in [6, 6.07) is 1.01. The van der Waals surface area contributed by atoms with Gasteiger partial charge in [0.05, 0.1) is 0 Å². The average molecular weight is 457 g/mol. The van der Waals surface area contributed by atoms with Crippen LogP contribution in [0.1, 0.15) is 91.4 Å². The van der Waals surface area contributed by atoms with Gasteiger partial charge in [0, 0.05) is 25.7 Å². The average Bonchev–Trinajstić information content (AvgIpc) is 3.29. The van der Waals surface area contributed by atoms with Crippen LogP contribution in [0.5, 0.6) is 0 Å². The molecule has 9 atom stereocenters. The molecule has 4 heteroatoms. The first-order chi connectivity index (χ1) is 15.7. The van der Waals surface area contributed by atoms with E-state index in [4.69, 9.17) is 0 Å². The number of amides is 1. The fourth-order valence-electron chi connectivity index (χ4n) is 9.71. The molecular weight excluding hydrogens is 408 g/mol. The van der Waals surface area contributed by atoms with Gasteiger partial charge >= 0.3 is 0 Å². The van der Waals surface area contributed by atoms with Crippen molar-refractivity contribution < 1.29 is 9.90 Å². The number of hydrogen-bond donors (Lipinski definition) is 1. The molecule has 1 heterocycles. The minimum Gasteiger partial charge on any atom is -0.383 e. The largest absolute Gasteiger partial charge is 0.383 e. The molecule has 3 saturated carbocycles. The number of aliphatic hydroxyl groups is 1. The highest BCUT2D eigenvalue weighted by Gasteiger charge is 2.64. The van der Waals surface area contributed by atoms with E-state index in [0.29, 0.717) is 17.3 Å². The van der Waals surface area contributed by atoms with Gasteiger partial charge in [0.15, 0.2) is 0 Å². The maximum atomic E-state index is 12.9. The smallest absolute Gasteiger partial charge is 0.251 e. The molecule has 0 radical (unpaired) electrons. The monoisotopic (exact) mass is 456 g/mol. The van der Waals surface area contributed by atoms with E-state index in [9.17, 15) is 9.90 Å². The van der Waals surface area contributed by atoms with Gasteiger partial charge in [0.25, 0.3) is 5.91 Å². The Kier molecular flexibility index (Phi) is 6.26. The molecule has 1 aliphatic heterocycles. The summed E-state index contributed by atoms with van der Waals surface area (Å²) in [6.07, 6.45) is 14.6. The number of nitrogens with zero attached hydrogens (tertiary/aromatic N) is 2. The van der Waals surface area contributed by atoms with Gasteiger partial charge in [-0.25, -0.2) is 0 Å². The highest BCUT2D eigenvalue weighted by molar-refractivity contribution is 5.80. The molecule has 4 nitrogen and oxygen atoms in total. The van der Waals surface area contributed by atoms with Crippen molar-refractivity contribution in [2.45, 2.75) is 110 Å². The van der Waals surface area contributed by atoms with Crippen LogP contribution in [0.15, 0.2) is 11.6 Å². The lowest BCUT2D eigenvalue weighted by Crippen LogP contribution is -2.53.